The molecule has 2 aromatic carbocycles. The van der Waals surface area contributed by atoms with Gasteiger partial charge in [-0.25, -0.2) is 31.4 Å². The van der Waals surface area contributed by atoms with Crippen LogP contribution in [0.5, 0.6) is 0 Å². The summed E-state index contributed by atoms with van der Waals surface area (Å²) in [4.78, 5) is 15.6. The SMILES string of the molecule is CC(C)(C)[Si](C)(C)OCc1c(F)ccc(F)c1CN(C(=O)O)c1cc(F)c(S(=O)(=O)Nc2cscn2)cc1Cl. The minimum atomic E-state index is -4.46. The number of carboxylic acid groups (broad SMARTS) is 1. The molecule has 0 saturated carbocycles. The van der Waals surface area contributed by atoms with Crippen LogP contribution in [0.15, 0.2) is 40.1 Å². The van der Waals surface area contributed by atoms with E-state index in [1.165, 1.54) is 10.9 Å². The molecule has 0 unspecified atom stereocenters. The number of halogens is 4. The molecular weight excluding hydrogens is 595 g/mol. The van der Waals surface area contributed by atoms with Crippen molar-refractivity contribution in [1.82, 2.24) is 4.98 Å². The largest absolute Gasteiger partial charge is 0.465 e. The summed E-state index contributed by atoms with van der Waals surface area (Å²) in [6, 6.07) is 3.10. The summed E-state index contributed by atoms with van der Waals surface area (Å²) in [6.45, 7) is 8.70. The lowest BCUT2D eigenvalue weighted by Gasteiger charge is -2.36. The van der Waals surface area contributed by atoms with Gasteiger partial charge in [-0.2, -0.15) is 0 Å². The predicted molar refractivity (Wildman–Crippen MR) is 147 cm³/mol. The predicted octanol–water partition coefficient (Wildman–Crippen LogP) is 7.22. The number of nitrogens with zero attached hydrogens (tertiary/aromatic N) is 2. The maximum absolute atomic E-state index is 15.0. The van der Waals surface area contributed by atoms with Gasteiger partial charge in [0.05, 0.1) is 29.4 Å². The van der Waals surface area contributed by atoms with Crippen molar-refractivity contribution >= 4 is 58.9 Å². The van der Waals surface area contributed by atoms with Gasteiger partial charge >= 0.3 is 6.09 Å². The normalized spacial score (nSPS) is 12.4. The fourth-order valence-electron chi connectivity index (χ4n) is 3.23. The zero-order valence-corrected chi connectivity index (χ0v) is 25.1. The molecule has 0 spiro atoms. The van der Waals surface area contributed by atoms with Crippen LogP contribution >= 0.6 is 22.9 Å². The Morgan fingerprint density at radius 3 is 2.31 bits per heavy atom. The molecule has 0 aliphatic rings. The first-order valence-corrected chi connectivity index (χ1v) is 17.2. The van der Waals surface area contributed by atoms with Crippen molar-refractivity contribution in [2.24, 2.45) is 0 Å². The van der Waals surface area contributed by atoms with Crippen LogP contribution in [-0.2, 0) is 27.6 Å². The maximum Gasteiger partial charge on any atom is 0.412 e. The second-order valence-electron chi connectivity index (χ2n) is 10.1. The molecule has 1 heterocycles. The highest BCUT2D eigenvalue weighted by Crippen LogP contribution is 2.38. The van der Waals surface area contributed by atoms with Gasteiger partial charge in [0.2, 0.25) is 0 Å². The van der Waals surface area contributed by atoms with Gasteiger partial charge in [0.1, 0.15) is 22.3 Å². The summed E-state index contributed by atoms with van der Waals surface area (Å²) in [5, 5.41) is 10.6. The second-order valence-corrected chi connectivity index (χ2v) is 17.7. The highest BCUT2D eigenvalue weighted by Gasteiger charge is 2.37. The first kappa shape index (κ1) is 30.9. The Morgan fingerprint density at radius 1 is 1.15 bits per heavy atom. The van der Waals surface area contributed by atoms with Gasteiger partial charge in [0.15, 0.2) is 14.1 Å². The monoisotopic (exact) mass is 621 g/mol. The van der Waals surface area contributed by atoms with Crippen molar-refractivity contribution in [1.29, 1.82) is 0 Å². The Bertz CT molecular complexity index is 1480. The van der Waals surface area contributed by atoms with Crippen LogP contribution in [0.1, 0.15) is 31.9 Å². The molecule has 3 rings (SSSR count). The Balaban J connectivity index is 2.00. The van der Waals surface area contributed by atoms with Crippen LogP contribution in [0.4, 0.5) is 29.5 Å². The number of hydrogen-bond donors (Lipinski definition) is 2. The lowest BCUT2D eigenvalue weighted by molar-refractivity contribution is 0.201. The summed E-state index contributed by atoms with van der Waals surface area (Å²) in [5.74, 6) is -3.06. The number of nitrogens with one attached hydrogen (secondary N) is 1. The number of hydrogen-bond acceptors (Lipinski definition) is 6. The molecule has 0 fully saturated rings. The van der Waals surface area contributed by atoms with E-state index >= 15 is 4.39 Å². The molecule has 0 saturated heterocycles. The summed E-state index contributed by atoms with van der Waals surface area (Å²) >= 11 is 7.32. The van der Waals surface area contributed by atoms with Crippen LogP contribution in [0.3, 0.4) is 0 Å². The summed E-state index contributed by atoms with van der Waals surface area (Å²) in [7, 11) is -6.86. The number of carbonyl (C=O) groups is 1. The van der Waals surface area contributed by atoms with E-state index in [1.54, 1.807) is 0 Å². The Morgan fingerprint density at radius 2 is 1.77 bits per heavy atom. The third kappa shape index (κ3) is 6.92. The quantitative estimate of drug-likeness (QED) is 0.244. The van der Waals surface area contributed by atoms with Crippen molar-refractivity contribution in [3.63, 3.8) is 0 Å². The van der Waals surface area contributed by atoms with Crippen molar-refractivity contribution in [2.75, 3.05) is 9.62 Å². The molecule has 8 nitrogen and oxygen atoms in total. The number of rotatable bonds is 9. The van der Waals surface area contributed by atoms with Crippen LogP contribution in [0.25, 0.3) is 0 Å². The van der Waals surface area contributed by atoms with Gasteiger partial charge in [0.25, 0.3) is 10.0 Å². The second kappa shape index (κ2) is 11.5. The smallest absolute Gasteiger partial charge is 0.412 e. The lowest BCUT2D eigenvalue weighted by Crippen LogP contribution is -2.40. The molecule has 0 radical (unpaired) electrons. The summed E-state index contributed by atoms with van der Waals surface area (Å²) in [5.41, 5.74) is 0.393. The lowest BCUT2D eigenvalue weighted by atomic mass is 10.1. The van der Waals surface area contributed by atoms with Crippen molar-refractivity contribution < 1.29 is 35.9 Å². The molecule has 1 aromatic heterocycles. The molecule has 15 heteroatoms. The molecule has 3 aromatic rings. The zero-order valence-electron chi connectivity index (χ0n) is 21.7. The molecule has 212 valence electrons. The number of benzene rings is 2. The van der Waals surface area contributed by atoms with E-state index in [-0.39, 0.29) is 28.6 Å². The average molecular weight is 622 g/mol. The number of amides is 1. The van der Waals surface area contributed by atoms with Gasteiger partial charge in [0, 0.05) is 22.6 Å². The van der Waals surface area contributed by atoms with E-state index in [4.69, 9.17) is 16.0 Å². The minimum Gasteiger partial charge on any atom is -0.465 e. The Labute approximate surface area is 234 Å². The first-order chi connectivity index (χ1) is 17.9. The van der Waals surface area contributed by atoms with Crippen LogP contribution in [0, 0.1) is 17.5 Å². The Kier molecular flexibility index (Phi) is 9.07. The first-order valence-electron chi connectivity index (χ1n) is 11.4. The van der Waals surface area contributed by atoms with Crippen molar-refractivity contribution in [3.05, 3.63) is 68.8 Å². The molecule has 1 amide bonds. The molecule has 0 atom stereocenters. The van der Waals surface area contributed by atoms with Gasteiger partial charge in [-0.15, -0.1) is 11.3 Å². The average Bonchev–Trinajstić information content (AvgIpc) is 3.31. The van der Waals surface area contributed by atoms with Crippen molar-refractivity contribution in [2.45, 2.75) is 57.0 Å². The Hall–Kier alpha value is -2.65. The fourth-order valence-corrected chi connectivity index (χ4v) is 6.15. The van der Waals surface area contributed by atoms with Crippen LogP contribution in [-0.4, -0.2) is 32.9 Å². The highest BCUT2D eigenvalue weighted by molar-refractivity contribution is 7.92. The number of anilines is 2. The molecule has 39 heavy (non-hydrogen) atoms. The van der Waals surface area contributed by atoms with E-state index < -0.39 is 64.0 Å². The van der Waals surface area contributed by atoms with E-state index in [9.17, 15) is 27.1 Å². The van der Waals surface area contributed by atoms with Gasteiger partial charge in [-0.1, -0.05) is 32.4 Å². The minimum absolute atomic E-state index is 0.0409. The van der Waals surface area contributed by atoms with Gasteiger partial charge in [-0.05, 0) is 36.3 Å². The van der Waals surface area contributed by atoms with Gasteiger partial charge < -0.3 is 9.53 Å². The molecule has 0 aliphatic heterocycles. The van der Waals surface area contributed by atoms with Crippen molar-refractivity contribution in [3.8, 4) is 0 Å². The maximum atomic E-state index is 15.0. The molecule has 0 bridgehead atoms. The van der Waals surface area contributed by atoms with E-state index in [2.05, 4.69) is 9.71 Å². The van der Waals surface area contributed by atoms with Gasteiger partial charge in [-0.3, -0.25) is 9.62 Å². The van der Waals surface area contributed by atoms with E-state index in [0.717, 1.165) is 29.5 Å². The molecular formula is C24H27ClF3N3O5S2Si. The molecule has 2 N–H and O–H groups in total. The summed E-state index contributed by atoms with van der Waals surface area (Å²) < 4.78 is 78.3. The van der Waals surface area contributed by atoms with E-state index in [0.29, 0.717) is 11.0 Å². The number of sulfonamides is 1. The standard InChI is InChI=1S/C24H27ClF3N3O5S2Si/c1-24(2,3)39(4,5)36-11-15-14(17(26)6-7-18(15)27)10-31(23(32)33)20-9-19(28)21(8-16(20)25)38(34,35)30-22-12-37-13-29-22/h6-9,12-13,30H,10-11H2,1-5H3,(H,32,33). The number of aromatic nitrogens is 1. The van der Waals surface area contributed by atoms with Crippen LogP contribution in [0.2, 0.25) is 23.2 Å². The number of thiazole rings is 1. The third-order valence-electron chi connectivity index (χ3n) is 6.50. The van der Waals surface area contributed by atoms with E-state index in [1.807, 2.05) is 33.9 Å². The topological polar surface area (TPSA) is 109 Å². The highest BCUT2D eigenvalue weighted by atomic mass is 35.5. The fraction of sp³-hybridized carbons (Fsp3) is 0.333. The third-order valence-corrected chi connectivity index (χ3v) is 13.2. The molecule has 0 aliphatic carbocycles. The van der Waals surface area contributed by atoms with Crippen LogP contribution < -0.4 is 9.62 Å². The summed E-state index contributed by atoms with van der Waals surface area (Å²) in [6.07, 6.45) is -1.66. The zero-order chi connectivity index (χ0) is 29.3.